The van der Waals surface area contributed by atoms with Gasteiger partial charge in [-0.05, 0) is 44.0 Å². The second-order valence-corrected chi connectivity index (χ2v) is 5.13. The van der Waals surface area contributed by atoms with Crippen LogP contribution in [0.3, 0.4) is 0 Å². The lowest BCUT2D eigenvalue weighted by Crippen LogP contribution is -2.14. The highest BCUT2D eigenvalue weighted by Crippen LogP contribution is 2.22. The molecule has 1 aromatic heterocycles. The molecular formula is C18H24N2. The minimum absolute atomic E-state index is 0.849. The molecule has 0 radical (unpaired) electrons. The number of benzene rings is 1. The molecule has 0 spiro atoms. The number of nitrogens with zero attached hydrogens (tertiary/aromatic N) is 1. The molecule has 0 unspecified atom stereocenters. The summed E-state index contributed by atoms with van der Waals surface area (Å²) in [5, 5.41) is 4.78. The second kappa shape index (κ2) is 7.77. The summed E-state index contributed by atoms with van der Waals surface area (Å²) in [4.78, 5) is 0. The van der Waals surface area contributed by atoms with E-state index in [0.29, 0.717) is 0 Å². The predicted molar refractivity (Wildman–Crippen MR) is 86.9 cm³/mol. The number of hydrogen-bond acceptors (Lipinski definition) is 1. The molecule has 0 atom stereocenters. The van der Waals surface area contributed by atoms with Crippen molar-refractivity contribution in [2.75, 3.05) is 13.1 Å². The van der Waals surface area contributed by atoms with E-state index in [1.165, 1.54) is 22.9 Å². The van der Waals surface area contributed by atoms with Gasteiger partial charge in [0.25, 0.3) is 0 Å². The normalized spacial score (nSPS) is 10.8. The molecule has 0 aliphatic rings. The van der Waals surface area contributed by atoms with E-state index in [4.69, 9.17) is 6.42 Å². The van der Waals surface area contributed by atoms with Crippen LogP contribution in [-0.2, 0) is 13.0 Å². The first-order chi connectivity index (χ1) is 9.86. The van der Waals surface area contributed by atoms with E-state index in [2.05, 4.69) is 53.2 Å². The molecule has 20 heavy (non-hydrogen) atoms. The highest BCUT2D eigenvalue weighted by molar-refractivity contribution is 5.83. The molecular weight excluding hydrogens is 244 g/mol. The third-order valence-electron chi connectivity index (χ3n) is 3.64. The molecule has 2 aromatic rings. The van der Waals surface area contributed by atoms with Crippen LogP contribution in [0, 0.1) is 12.3 Å². The van der Waals surface area contributed by atoms with Crippen LogP contribution in [0.5, 0.6) is 0 Å². The number of fused-ring (bicyclic) bond motifs is 1. The number of aromatic nitrogens is 1. The molecule has 1 heterocycles. The number of hydrogen-bond donors (Lipinski definition) is 1. The van der Waals surface area contributed by atoms with E-state index in [1.807, 2.05) is 0 Å². The van der Waals surface area contributed by atoms with Gasteiger partial charge >= 0.3 is 0 Å². The lowest BCUT2D eigenvalue weighted by Gasteiger charge is -2.02. The fourth-order valence-electron chi connectivity index (χ4n) is 2.64. The fourth-order valence-corrected chi connectivity index (χ4v) is 2.64. The van der Waals surface area contributed by atoms with Gasteiger partial charge in [0.15, 0.2) is 0 Å². The first-order valence-electron chi connectivity index (χ1n) is 7.57. The molecule has 1 aromatic carbocycles. The van der Waals surface area contributed by atoms with Crippen LogP contribution in [0.4, 0.5) is 0 Å². The van der Waals surface area contributed by atoms with Crippen molar-refractivity contribution in [3.05, 3.63) is 36.0 Å². The summed E-state index contributed by atoms with van der Waals surface area (Å²) >= 11 is 0. The van der Waals surface area contributed by atoms with Crippen LogP contribution in [0.15, 0.2) is 30.5 Å². The Morgan fingerprint density at radius 3 is 2.90 bits per heavy atom. The Bertz CT molecular complexity index is 575. The van der Waals surface area contributed by atoms with Crippen molar-refractivity contribution in [2.45, 2.75) is 39.2 Å². The summed E-state index contributed by atoms with van der Waals surface area (Å²) in [6, 6.07) is 8.68. The van der Waals surface area contributed by atoms with E-state index < -0.39 is 0 Å². The van der Waals surface area contributed by atoms with E-state index in [-0.39, 0.29) is 0 Å². The van der Waals surface area contributed by atoms with Crippen molar-refractivity contribution in [3.8, 4) is 12.3 Å². The van der Waals surface area contributed by atoms with E-state index in [1.54, 1.807) is 0 Å². The maximum Gasteiger partial charge on any atom is 0.0483 e. The van der Waals surface area contributed by atoms with Crippen LogP contribution in [0.1, 0.15) is 31.7 Å². The molecule has 0 fully saturated rings. The lowest BCUT2D eigenvalue weighted by molar-refractivity contribution is 0.661. The average molecular weight is 268 g/mol. The van der Waals surface area contributed by atoms with Crippen molar-refractivity contribution >= 4 is 10.9 Å². The monoisotopic (exact) mass is 268 g/mol. The van der Waals surface area contributed by atoms with Gasteiger partial charge in [-0.3, -0.25) is 0 Å². The summed E-state index contributed by atoms with van der Waals surface area (Å²) in [7, 11) is 0. The molecule has 106 valence electrons. The molecule has 0 aliphatic carbocycles. The Hall–Kier alpha value is -1.72. The van der Waals surface area contributed by atoms with Crippen LogP contribution in [0.2, 0.25) is 0 Å². The smallest absolute Gasteiger partial charge is 0.0483 e. The standard InChI is InChI=1S/C18H24N2/c1-3-5-8-14-20-15-16(10-9-13-19-4-2)17-11-6-7-12-18(17)20/h1,6-7,11-12,15,19H,4-5,8-10,13-14H2,2H3. The SMILES string of the molecule is C#CCCCn1cc(CCCNCC)c2ccccc21. The Balaban J connectivity index is 2.11. The van der Waals surface area contributed by atoms with Crippen molar-refractivity contribution in [1.29, 1.82) is 0 Å². The minimum Gasteiger partial charge on any atom is -0.347 e. The van der Waals surface area contributed by atoms with E-state index in [0.717, 1.165) is 38.9 Å². The molecule has 2 rings (SSSR count). The topological polar surface area (TPSA) is 17.0 Å². The highest BCUT2D eigenvalue weighted by Gasteiger charge is 2.07. The molecule has 0 saturated heterocycles. The minimum atomic E-state index is 0.849. The summed E-state index contributed by atoms with van der Waals surface area (Å²) in [5.41, 5.74) is 2.79. The fraction of sp³-hybridized carbons (Fsp3) is 0.444. The third kappa shape index (κ3) is 3.65. The number of unbranched alkanes of at least 4 members (excludes halogenated alkanes) is 1. The van der Waals surface area contributed by atoms with Gasteiger partial charge in [-0.25, -0.2) is 0 Å². The Morgan fingerprint density at radius 1 is 1.25 bits per heavy atom. The number of terminal acetylenes is 1. The molecule has 0 bridgehead atoms. The van der Waals surface area contributed by atoms with Gasteiger partial charge < -0.3 is 9.88 Å². The molecule has 1 N–H and O–H groups in total. The van der Waals surface area contributed by atoms with Crippen LogP contribution >= 0.6 is 0 Å². The van der Waals surface area contributed by atoms with Gasteiger partial charge in [0.05, 0.1) is 0 Å². The van der Waals surface area contributed by atoms with E-state index >= 15 is 0 Å². The second-order valence-electron chi connectivity index (χ2n) is 5.13. The van der Waals surface area contributed by atoms with Crippen LogP contribution in [-0.4, -0.2) is 17.7 Å². The van der Waals surface area contributed by atoms with Crippen molar-refractivity contribution in [2.24, 2.45) is 0 Å². The van der Waals surface area contributed by atoms with Crippen molar-refractivity contribution < 1.29 is 0 Å². The predicted octanol–water partition coefficient (Wildman–Crippen LogP) is 3.60. The highest BCUT2D eigenvalue weighted by atomic mass is 15.0. The summed E-state index contributed by atoms with van der Waals surface area (Å²) in [6.45, 7) is 5.30. The molecule has 0 amide bonds. The molecule has 2 heteroatoms. The maximum absolute atomic E-state index is 5.34. The van der Waals surface area contributed by atoms with Crippen molar-refractivity contribution in [1.82, 2.24) is 9.88 Å². The van der Waals surface area contributed by atoms with Gasteiger partial charge in [0, 0.05) is 30.1 Å². The molecule has 0 aliphatic heterocycles. The zero-order valence-electron chi connectivity index (χ0n) is 12.4. The average Bonchev–Trinajstić information content (AvgIpc) is 2.83. The largest absolute Gasteiger partial charge is 0.347 e. The van der Waals surface area contributed by atoms with Gasteiger partial charge in [-0.15, -0.1) is 12.3 Å². The number of nitrogens with one attached hydrogen (secondary N) is 1. The van der Waals surface area contributed by atoms with E-state index in [9.17, 15) is 0 Å². The van der Waals surface area contributed by atoms with Crippen LogP contribution < -0.4 is 5.32 Å². The first kappa shape index (κ1) is 14.7. The molecule has 2 nitrogen and oxygen atoms in total. The Morgan fingerprint density at radius 2 is 2.10 bits per heavy atom. The summed E-state index contributed by atoms with van der Waals surface area (Å²) in [5.74, 6) is 2.72. The zero-order chi connectivity index (χ0) is 14.2. The van der Waals surface area contributed by atoms with Crippen LogP contribution in [0.25, 0.3) is 10.9 Å². The Labute approximate surface area is 122 Å². The van der Waals surface area contributed by atoms with Gasteiger partial charge in [0.2, 0.25) is 0 Å². The lowest BCUT2D eigenvalue weighted by atomic mass is 10.1. The quantitative estimate of drug-likeness (QED) is 0.572. The summed E-state index contributed by atoms with van der Waals surface area (Å²) < 4.78 is 2.36. The molecule has 0 saturated carbocycles. The first-order valence-corrected chi connectivity index (χ1v) is 7.57. The third-order valence-corrected chi connectivity index (χ3v) is 3.64. The Kier molecular flexibility index (Phi) is 5.70. The van der Waals surface area contributed by atoms with Crippen molar-refractivity contribution in [3.63, 3.8) is 0 Å². The van der Waals surface area contributed by atoms with Gasteiger partial charge in [-0.1, -0.05) is 25.1 Å². The maximum atomic E-state index is 5.34. The van der Waals surface area contributed by atoms with Gasteiger partial charge in [0.1, 0.15) is 0 Å². The zero-order valence-corrected chi connectivity index (χ0v) is 12.4. The number of para-hydroxylation sites is 1. The number of aryl methyl sites for hydroxylation is 2. The summed E-state index contributed by atoms with van der Waals surface area (Å²) in [6.07, 6.45) is 11.9. The number of rotatable bonds is 8. The van der Waals surface area contributed by atoms with Gasteiger partial charge in [-0.2, -0.15) is 0 Å².